The largest absolute Gasteiger partial charge is 0.444 e. The third-order valence-corrected chi connectivity index (χ3v) is 7.23. The molecule has 3 aromatic rings. The van der Waals surface area contributed by atoms with Gasteiger partial charge in [-0.3, -0.25) is 4.79 Å². The second-order valence-electron chi connectivity index (χ2n) is 10.8. The van der Waals surface area contributed by atoms with Gasteiger partial charge in [0.1, 0.15) is 5.60 Å². The summed E-state index contributed by atoms with van der Waals surface area (Å²) in [6.45, 7) is 7.87. The molecule has 8 heteroatoms. The highest BCUT2D eigenvalue weighted by Gasteiger charge is 2.32. The van der Waals surface area contributed by atoms with Gasteiger partial charge < -0.3 is 14.5 Å². The van der Waals surface area contributed by atoms with Gasteiger partial charge in [0.15, 0.2) is 0 Å². The zero-order valence-electron chi connectivity index (χ0n) is 22.1. The number of halogens is 1. The monoisotopic (exact) mass is 532 g/mol. The number of aromatic nitrogens is 2. The van der Waals surface area contributed by atoms with E-state index in [-0.39, 0.29) is 12.0 Å². The van der Waals surface area contributed by atoms with E-state index in [0.717, 1.165) is 23.4 Å². The van der Waals surface area contributed by atoms with Crippen molar-refractivity contribution in [1.82, 2.24) is 19.6 Å². The van der Waals surface area contributed by atoms with Gasteiger partial charge in [0.25, 0.3) is 5.91 Å². The van der Waals surface area contributed by atoms with Crippen LogP contribution < -0.4 is 0 Å². The first-order valence-electron chi connectivity index (χ1n) is 13.0. The van der Waals surface area contributed by atoms with E-state index in [9.17, 15) is 9.59 Å². The van der Waals surface area contributed by atoms with Crippen molar-refractivity contribution in [2.24, 2.45) is 0 Å². The summed E-state index contributed by atoms with van der Waals surface area (Å²) in [5.74, 6) is 0.306. The lowest BCUT2D eigenvalue weighted by atomic mass is 9.98. The number of nitrogens with zero attached hydrogens (tertiary/aromatic N) is 4. The molecule has 0 spiro atoms. The molecule has 2 aliphatic heterocycles. The molecule has 2 aliphatic rings. The summed E-state index contributed by atoms with van der Waals surface area (Å²) < 4.78 is 7.36. The molecule has 1 saturated heterocycles. The number of hydrogen-bond donors (Lipinski definition) is 0. The van der Waals surface area contributed by atoms with Crippen LogP contribution in [0, 0.1) is 0 Å². The maximum atomic E-state index is 13.9. The average molecular weight is 533 g/mol. The lowest BCUT2D eigenvalue weighted by Crippen LogP contribution is -2.39. The van der Waals surface area contributed by atoms with Gasteiger partial charge >= 0.3 is 6.09 Å². The summed E-state index contributed by atoms with van der Waals surface area (Å²) in [6, 6.07) is 17.8. The molecule has 198 valence electrons. The molecule has 0 unspecified atom stereocenters. The molecule has 0 bridgehead atoms. The zero-order valence-corrected chi connectivity index (χ0v) is 22.8. The molecule has 2 aromatic carbocycles. The summed E-state index contributed by atoms with van der Waals surface area (Å²) in [5, 5.41) is 5.28. The van der Waals surface area contributed by atoms with E-state index < -0.39 is 5.60 Å². The molecular formula is C30H33ClN4O3. The lowest BCUT2D eigenvalue weighted by Gasteiger charge is -2.30. The van der Waals surface area contributed by atoms with Gasteiger partial charge in [0, 0.05) is 37.1 Å². The fraction of sp³-hybridized carbons (Fsp3) is 0.367. The number of ether oxygens (including phenoxy) is 1. The van der Waals surface area contributed by atoms with Crippen molar-refractivity contribution in [2.45, 2.75) is 45.1 Å². The standard InChI is InChI=1S/C30H33ClN4O3/c1-30(2,3)38-29(37)33-16-13-22(14-17-33)27-26(19-32-35(27)25-11-9-24(31)10-12-25)28(36)34-18-15-23(20-34)21-7-5-4-6-8-21/h4-13,19,23H,14-18,20H2,1-3H3/t23-/m0/s1. The normalized spacial score (nSPS) is 17.9. The van der Waals surface area contributed by atoms with E-state index in [1.165, 1.54) is 5.56 Å². The van der Waals surface area contributed by atoms with Gasteiger partial charge in [-0.2, -0.15) is 5.10 Å². The molecule has 5 rings (SSSR count). The van der Waals surface area contributed by atoms with Crippen LogP contribution in [0.3, 0.4) is 0 Å². The minimum atomic E-state index is -0.554. The second-order valence-corrected chi connectivity index (χ2v) is 11.3. The third kappa shape index (κ3) is 5.63. The van der Waals surface area contributed by atoms with Gasteiger partial charge in [-0.05, 0) is 69.0 Å². The van der Waals surface area contributed by atoms with E-state index in [0.29, 0.717) is 49.1 Å². The molecule has 0 N–H and O–H groups in total. The van der Waals surface area contributed by atoms with Gasteiger partial charge in [0.2, 0.25) is 0 Å². The van der Waals surface area contributed by atoms with E-state index in [1.807, 2.05) is 78.9 Å². The molecule has 2 amide bonds. The Balaban J connectivity index is 1.44. The van der Waals surface area contributed by atoms with Crippen LogP contribution in [0.15, 0.2) is 66.9 Å². The Kier molecular flexibility index (Phi) is 7.30. The summed E-state index contributed by atoms with van der Waals surface area (Å²) in [6.07, 6.45) is 4.86. The summed E-state index contributed by atoms with van der Waals surface area (Å²) >= 11 is 6.13. The Hall–Kier alpha value is -3.58. The quantitative estimate of drug-likeness (QED) is 0.402. The Labute approximate surface area is 228 Å². The third-order valence-electron chi connectivity index (χ3n) is 6.98. The highest BCUT2D eigenvalue weighted by atomic mass is 35.5. The van der Waals surface area contributed by atoms with Crippen LogP contribution in [-0.2, 0) is 4.74 Å². The SMILES string of the molecule is CC(C)(C)OC(=O)N1CC=C(c2c(C(=O)N3CC[C@H](c4ccccc4)C3)cnn2-c2ccc(Cl)cc2)CC1. The topological polar surface area (TPSA) is 67.7 Å². The van der Waals surface area contributed by atoms with Crippen molar-refractivity contribution in [3.63, 3.8) is 0 Å². The maximum Gasteiger partial charge on any atom is 0.410 e. The van der Waals surface area contributed by atoms with E-state index in [4.69, 9.17) is 16.3 Å². The predicted molar refractivity (Wildman–Crippen MR) is 149 cm³/mol. The first-order chi connectivity index (χ1) is 18.2. The highest BCUT2D eigenvalue weighted by molar-refractivity contribution is 6.30. The lowest BCUT2D eigenvalue weighted by molar-refractivity contribution is 0.0270. The van der Waals surface area contributed by atoms with E-state index >= 15 is 0 Å². The Bertz CT molecular complexity index is 1340. The maximum absolute atomic E-state index is 13.9. The number of benzene rings is 2. The number of carbonyl (C=O) groups excluding carboxylic acids is 2. The molecule has 7 nitrogen and oxygen atoms in total. The zero-order chi connectivity index (χ0) is 26.9. The number of amides is 2. The van der Waals surface area contributed by atoms with Crippen molar-refractivity contribution in [2.75, 3.05) is 26.2 Å². The van der Waals surface area contributed by atoms with Gasteiger partial charge in [-0.1, -0.05) is 48.0 Å². The smallest absolute Gasteiger partial charge is 0.410 e. The van der Waals surface area contributed by atoms with Gasteiger partial charge in [0.05, 0.1) is 23.1 Å². The molecule has 1 atom stereocenters. The molecular weight excluding hydrogens is 500 g/mol. The summed E-state index contributed by atoms with van der Waals surface area (Å²) in [4.78, 5) is 30.1. The average Bonchev–Trinajstić information content (AvgIpc) is 3.57. The van der Waals surface area contributed by atoms with E-state index in [1.54, 1.807) is 11.1 Å². The van der Waals surface area contributed by atoms with Crippen LogP contribution in [0.5, 0.6) is 0 Å². The Morgan fingerprint density at radius 2 is 1.74 bits per heavy atom. The van der Waals surface area contributed by atoms with Crippen molar-refractivity contribution in [3.8, 4) is 5.69 Å². The molecule has 1 aromatic heterocycles. The van der Waals surface area contributed by atoms with Crippen LogP contribution in [0.25, 0.3) is 11.3 Å². The predicted octanol–water partition coefficient (Wildman–Crippen LogP) is 6.18. The molecule has 1 fully saturated rings. The van der Waals surface area contributed by atoms with Crippen LogP contribution in [0.4, 0.5) is 4.79 Å². The number of likely N-dealkylation sites (tertiary alicyclic amines) is 1. The summed E-state index contributed by atoms with van der Waals surface area (Å²) in [7, 11) is 0. The minimum Gasteiger partial charge on any atom is -0.444 e. The number of hydrogen-bond acceptors (Lipinski definition) is 4. The molecule has 0 saturated carbocycles. The number of rotatable bonds is 4. The summed E-state index contributed by atoms with van der Waals surface area (Å²) in [5.41, 5.74) is 3.86. The second kappa shape index (κ2) is 10.7. The fourth-order valence-corrected chi connectivity index (χ4v) is 5.21. The van der Waals surface area contributed by atoms with Crippen molar-refractivity contribution >= 4 is 29.2 Å². The molecule has 0 radical (unpaired) electrons. The molecule has 38 heavy (non-hydrogen) atoms. The Morgan fingerprint density at radius 1 is 1.00 bits per heavy atom. The van der Waals surface area contributed by atoms with E-state index in [2.05, 4.69) is 17.2 Å². The minimum absolute atomic E-state index is 0.0193. The van der Waals surface area contributed by atoms with Crippen LogP contribution >= 0.6 is 11.6 Å². The van der Waals surface area contributed by atoms with Crippen molar-refractivity contribution in [1.29, 1.82) is 0 Å². The molecule has 3 heterocycles. The van der Waals surface area contributed by atoms with Crippen molar-refractivity contribution in [3.05, 3.63) is 88.7 Å². The number of carbonyl (C=O) groups is 2. The van der Waals surface area contributed by atoms with Gasteiger partial charge in [-0.15, -0.1) is 0 Å². The van der Waals surface area contributed by atoms with Gasteiger partial charge in [-0.25, -0.2) is 9.48 Å². The molecule has 0 aliphatic carbocycles. The Morgan fingerprint density at radius 3 is 2.39 bits per heavy atom. The first kappa shape index (κ1) is 26.0. The van der Waals surface area contributed by atoms with Crippen LogP contribution in [0.1, 0.15) is 61.1 Å². The van der Waals surface area contributed by atoms with Crippen LogP contribution in [-0.4, -0.2) is 63.4 Å². The van der Waals surface area contributed by atoms with Crippen LogP contribution in [0.2, 0.25) is 5.02 Å². The highest BCUT2D eigenvalue weighted by Crippen LogP contribution is 2.32. The van der Waals surface area contributed by atoms with Crippen molar-refractivity contribution < 1.29 is 14.3 Å². The fourth-order valence-electron chi connectivity index (χ4n) is 5.08. The first-order valence-corrected chi connectivity index (χ1v) is 13.4.